The number of nitrogen functional groups attached to an aromatic ring is 1. The molecule has 1 aromatic rings. The van der Waals surface area contributed by atoms with Gasteiger partial charge in [-0.05, 0) is 30.7 Å². The fourth-order valence-corrected chi connectivity index (χ4v) is 1.45. The number of nitrogens with one attached hydrogen (secondary N) is 1. The second kappa shape index (κ2) is 3.23. The van der Waals surface area contributed by atoms with Crippen LogP contribution >= 0.6 is 0 Å². The molecule has 5 nitrogen and oxygen atoms in total. The Balaban J connectivity index is 3.04. The van der Waals surface area contributed by atoms with Crippen LogP contribution in [0.15, 0.2) is 18.2 Å². The monoisotopic (exact) mass is 202 g/mol. The van der Waals surface area contributed by atoms with E-state index in [0.717, 1.165) is 0 Å². The van der Waals surface area contributed by atoms with Gasteiger partial charge in [0.15, 0.2) is 0 Å². The zero-order valence-electron chi connectivity index (χ0n) is 6.98. The normalized spacial score (nSPS) is 11.2. The lowest BCUT2D eigenvalue weighted by Gasteiger charge is -2.06. The Kier molecular flexibility index (Phi) is 2.44. The van der Waals surface area contributed by atoms with Gasteiger partial charge in [0, 0.05) is 5.69 Å². The number of nitrogens with two attached hydrogens (primary N) is 1. The molecule has 4 N–H and O–H groups in total. The second-order valence-corrected chi connectivity index (χ2v) is 3.81. The lowest BCUT2D eigenvalue weighted by atomic mass is 10.2. The average molecular weight is 202 g/mol. The molecular weight excluding hydrogens is 192 g/mol. The lowest BCUT2D eigenvalue weighted by molar-refractivity contribution is 0.489. The highest BCUT2D eigenvalue weighted by atomic mass is 32.2. The summed E-state index contributed by atoms with van der Waals surface area (Å²) in [6.07, 6.45) is 0. The Morgan fingerprint density at radius 1 is 1.46 bits per heavy atom. The number of rotatable bonds is 2. The van der Waals surface area contributed by atoms with Crippen molar-refractivity contribution in [3.63, 3.8) is 0 Å². The van der Waals surface area contributed by atoms with Crippen molar-refractivity contribution in [1.29, 1.82) is 0 Å². The minimum atomic E-state index is -4.20. The van der Waals surface area contributed by atoms with Crippen molar-refractivity contribution in [2.24, 2.45) is 0 Å². The summed E-state index contributed by atoms with van der Waals surface area (Å²) in [6, 6.07) is 4.63. The topological polar surface area (TPSA) is 92.4 Å². The van der Waals surface area contributed by atoms with Crippen molar-refractivity contribution >= 4 is 21.7 Å². The molecular formula is C7H10N2O3S. The molecule has 0 aliphatic rings. The number of hydrogen-bond acceptors (Lipinski definition) is 3. The summed E-state index contributed by atoms with van der Waals surface area (Å²) in [7, 11) is -4.20. The highest BCUT2D eigenvalue weighted by Gasteiger charge is 2.05. The molecule has 13 heavy (non-hydrogen) atoms. The molecule has 0 saturated heterocycles. The number of anilines is 2. The smallest absolute Gasteiger partial charge is 0.357 e. The minimum Gasteiger partial charge on any atom is -0.399 e. The van der Waals surface area contributed by atoms with E-state index < -0.39 is 10.3 Å². The molecule has 0 amide bonds. The zero-order chi connectivity index (χ0) is 10.1. The maximum Gasteiger partial charge on any atom is 0.357 e. The molecule has 0 heterocycles. The molecule has 0 saturated carbocycles. The van der Waals surface area contributed by atoms with E-state index >= 15 is 0 Å². The van der Waals surface area contributed by atoms with Crippen LogP contribution in [0.25, 0.3) is 0 Å². The summed E-state index contributed by atoms with van der Waals surface area (Å²) in [5.74, 6) is 0. The fraction of sp³-hybridized carbons (Fsp3) is 0.143. The third kappa shape index (κ3) is 2.92. The first-order valence-electron chi connectivity index (χ1n) is 3.50. The zero-order valence-corrected chi connectivity index (χ0v) is 7.80. The van der Waals surface area contributed by atoms with E-state index in [4.69, 9.17) is 10.3 Å². The molecule has 1 rings (SSSR count). The largest absolute Gasteiger partial charge is 0.399 e. The van der Waals surface area contributed by atoms with Crippen LogP contribution in [0.3, 0.4) is 0 Å². The van der Waals surface area contributed by atoms with E-state index in [1.54, 1.807) is 19.1 Å². The first-order valence-corrected chi connectivity index (χ1v) is 4.94. The van der Waals surface area contributed by atoms with Gasteiger partial charge in [0.25, 0.3) is 0 Å². The molecule has 0 atom stereocenters. The van der Waals surface area contributed by atoms with Crippen LogP contribution in [-0.2, 0) is 10.3 Å². The van der Waals surface area contributed by atoms with Gasteiger partial charge in [0.2, 0.25) is 0 Å². The molecule has 0 unspecified atom stereocenters. The van der Waals surface area contributed by atoms with Gasteiger partial charge in [-0.2, -0.15) is 8.42 Å². The molecule has 0 aliphatic heterocycles. The Hall–Kier alpha value is -1.27. The van der Waals surface area contributed by atoms with Crippen molar-refractivity contribution in [3.8, 4) is 0 Å². The highest BCUT2D eigenvalue weighted by molar-refractivity contribution is 7.87. The molecule has 1 aromatic carbocycles. The van der Waals surface area contributed by atoms with Crippen LogP contribution in [0, 0.1) is 6.92 Å². The van der Waals surface area contributed by atoms with E-state index in [1.165, 1.54) is 6.07 Å². The maximum atomic E-state index is 10.5. The van der Waals surface area contributed by atoms with E-state index in [2.05, 4.69) is 0 Å². The number of benzene rings is 1. The summed E-state index contributed by atoms with van der Waals surface area (Å²) >= 11 is 0. The Labute approximate surface area is 76.5 Å². The van der Waals surface area contributed by atoms with Crippen molar-refractivity contribution in [2.75, 3.05) is 10.5 Å². The quantitative estimate of drug-likeness (QED) is 0.488. The van der Waals surface area contributed by atoms with Gasteiger partial charge in [-0.3, -0.25) is 9.27 Å². The Morgan fingerprint density at radius 3 is 2.54 bits per heavy atom. The van der Waals surface area contributed by atoms with E-state index in [9.17, 15) is 8.42 Å². The van der Waals surface area contributed by atoms with E-state index in [-0.39, 0.29) is 0 Å². The second-order valence-electron chi connectivity index (χ2n) is 2.65. The van der Waals surface area contributed by atoms with Crippen LogP contribution in [0.2, 0.25) is 0 Å². The van der Waals surface area contributed by atoms with Gasteiger partial charge in [0.05, 0.1) is 5.69 Å². The van der Waals surface area contributed by atoms with Gasteiger partial charge in [0.1, 0.15) is 0 Å². The third-order valence-electron chi connectivity index (χ3n) is 1.49. The number of hydrogen-bond donors (Lipinski definition) is 3. The fourth-order valence-electron chi connectivity index (χ4n) is 0.940. The Bertz CT molecular complexity index is 414. The SMILES string of the molecule is Cc1cc(N)ccc1NS(=O)(=O)O. The van der Waals surface area contributed by atoms with Gasteiger partial charge in [-0.25, -0.2) is 0 Å². The molecule has 0 radical (unpaired) electrons. The van der Waals surface area contributed by atoms with Crippen LogP contribution in [0.5, 0.6) is 0 Å². The highest BCUT2D eigenvalue weighted by Crippen LogP contribution is 2.18. The van der Waals surface area contributed by atoms with E-state index in [0.29, 0.717) is 16.9 Å². The molecule has 0 aromatic heterocycles. The molecule has 0 bridgehead atoms. The van der Waals surface area contributed by atoms with Gasteiger partial charge >= 0.3 is 10.3 Å². The van der Waals surface area contributed by atoms with Gasteiger partial charge < -0.3 is 5.73 Å². The average Bonchev–Trinajstić information content (AvgIpc) is 1.93. The molecule has 0 fully saturated rings. The lowest BCUT2D eigenvalue weighted by Crippen LogP contribution is -2.11. The van der Waals surface area contributed by atoms with Crippen molar-refractivity contribution < 1.29 is 13.0 Å². The molecule has 0 spiro atoms. The van der Waals surface area contributed by atoms with Crippen molar-refractivity contribution in [2.45, 2.75) is 6.92 Å². The summed E-state index contributed by atoms with van der Waals surface area (Å²) in [6.45, 7) is 1.68. The van der Waals surface area contributed by atoms with E-state index in [1.807, 2.05) is 4.72 Å². The predicted octanol–water partition coefficient (Wildman–Crippen LogP) is 0.792. The van der Waals surface area contributed by atoms with Crippen LogP contribution in [0.4, 0.5) is 11.4 Å². The third-order valence-corrected chi connectivity index (χ3v) is 1.97. The standard InChI is InChI=1S/C7H10N2O3S/c1-5-4-6(8)2-3-7(5)9-13(10,11)12/h2-4,9H,8H2,1H3,(H,10,11,12). The van der Waals surface area contributed by atoms with Crippen molar-refractivity contribution in [1.82, 2.24) is 0 Å². The summed E-state index contributed by atoms with van der Waals surface area (Å²) in [5.41, 5.74) is 6.96. The summed E-state index contributed by atoms with van der Waals surface area (Å²) in [4.78, 5) is 0. The van der Waals surface area contributed by atoms with Gasteiger partial charge in [-0.1, -0.05) is 0 Å². The minimum absolute atomic E-state index is 0.316. The molecule has 0 aliphatic carbocycles. The van der Waals surface area contributed by atoms with Crippen LogP contribution in [0.1, 0.15) is 5.56 Å². The first kappa shape index (κ1) is 9.82. The predicted molar refractivity (Wildman–Crippen MR) is 50.8 cm³/mol. The molecule has 6 heteroatoms. The van der Waals surface area contributed by atoms with Gasteiger partial charge in [-0.15, -0.1) is 0 Å². The van der Waals surface area contributed by atoms with Crippen molar-refractivity contribution in [3.05, 3.63) is 23.8 Å². The first-order chi connectivity index (χ1) is 5.88. The Morgan fingerprint density at radius 2 is 2.08 bits per heavy atom. The van der Waals surface area contributed by atoms with Crippen LogP contribution in [-0.4, -0.2) is 13.0 Å². The summed E-state index contributed by atoms with van der Waals surface area (Å²) < 4.78 is 31.3. The summed E-state index contributed by atoms with van der Waals surface area (Å²) in [5, 5.41) is 0. The van der Waals surface area contributed by atoms with Crippen LogP contribution < -0.4 is 10.5 Å². The maximum absolute atomic E-state index is 10.5. The number of aryl methyl sites for hydroxylation is 1. The molecule has 72 valence electrons.